The quantitative estimate of drug-likeness (QED) is 0.268. The third-order valence-corrected chi connectivity index (χ3v) is 5.85. The van der Waals surface area contributed by atoms with Gasteiger partial charge in [0, 0.05) is 28.0 Å². The molecular formula is C29H28ClN3O3. The average Bonchev–Trinajstić information content (AvgIpc) is 3.19. The Bertz CT molecular complexity index is 1360. The van der Waals surface area contributed by atoms with E-state index in [0.717, 1.165) is 33.8 Å². The van der Waals surface area contributed by atoms with Gasteiger partial charge in [0.05, 0.1) is 19.3 Å². The Hall–Kier alpha value is -4.03. The number of aryl methyl sites for hydroxylation is 2. The zero-order chi connectivity index (χ0) is 25.5. The lowest BCUT2D eigenvalue weighted by molar-refractivity contribution is -0.111. The first-order valence-corrected chi connectivity index (χ1v) is 11.9. The molecule has 36 heavy (non-hydrogen) atoms. The number of rotatable bonds is 9. The van der Waals surface area contributed by atoms with Crippen molar-refractivity contribution in [2.24, 2.45) is 0 Å². The predicted molar refractivity (Wildman–Crippen MR) is 144 cm³/mol. The van der Waals surface area contributed by atoms with Crippen LogP contribution in [0.4, 0.5) is 5.69 Å². The maximum Gasteiger partial charge on any atom is 0.248 e. The van der Waals surface area contributed by atoms with Gasteiger partial charge in [0.25, 0.3) is 0 Å². The molecule has 1 amide bonds. The van der Waals surface area contributed by atoms with Gasteiger partial charge in [0.15, 0.2) is 0 Å². The number of carbonyl (C=O) groups is 1. The molecule has 0 aliphatic carbocycles. The van der Waals surface area contributed by atoms with Crippen LogP contribution >= 0.6 is 11.6 Å². The summed E-state index contributed by atoms with van der Waals surface area (Å²) in [6, 6.07) is 22.7. The van der Waals surface area contributed by atoms with Crippen LogP contribution in [0.25, 0.3) is 6.08 Å². The van der Waals surface area contributed by atoms with Crippen LogP contribution in [0.2, 0.25) is 5.02 Å². The Morgan fingerprint density at radius 1 is 1.03 bits per heavy atom. The number of hydrogen-bond donors (Lipinski definition) is 1. The molecule has 7 heteroatoms. The summed E-state index contributed by atoms with van der Waals surface area (Å²) in [4.78, 5) is 12.5. The number of hydrogen-bond acceptors (Lipinski definition) is 4. The second kappa shape index (κ2) is 11.6. The third kappa shape index (κ3) is 6.77. The Kier molecular flexibility index (Phi) is 8.08. The zero-order valence-electron chi connectivity index (χ0n) is 20.5. The summed E-state index contributed by atoms with van der Waals surface area (Å²) in [5.41, 5.74) is 5.69. The molecule has 1 aromatic heterocycles. The summed E-state index contributed by atoms with van der Waals surface area (Å²) in [6.07, 6.45) is 3.27. The molecule has 3 aromatic carbocycles. The molecule has 0 aliphatic rings. The van der Waals surface area contributed by atoms with Crippen molar-refractivity contribution < 1.29 is 14.3 Å². The first kappa shape index (κ1) is 25.1. The molecule has 0 aliphatic heterocycles. The van der Waals surface area contributed by atoms with E-state index in [2.05, 4.69) is 16.5 Å². The minimum absolute atomic E-state index is 0.212. The standard InChI is InChI=1S/C29H28ClN3O3/c1-20-16-21(2)33(32-20)18-23-4-10-26(11-5-23)31-29(34)15-7-22-6-14-28(35-3)24(17-22)19-36-27-12-8-25(30)9-13-27/h4-17H,18-19H2,1-3H3,(H,31,34)/b15-7+. The monoisotopic (exact) mass is 501 g/mol. The number of methoxy groups -OCH3 is 1. The minimum Gasteiger partial charge on any atom is -0.496 e. The molecule has 1 N–H and O–H groups in total. The Morgan fingerprint density at radius 3 is 2.44 bits per heavy atom. The highest BCUT2D eigenvalue weighted by molar-refractivity contribution is 6.30. The van der Waals surface area contributed by atoms with Crippen LogP contribution in [-0.4, -0.2) is 22.8 Å². The fourth-order valence-electron chi connectivity index (χ4n) is 3.76. The molecule has 4 rings (SSSR count). The van der Waals surface area contributed by atoms with Crippen LogP contribution < -0.4 is 14.8 Å². The highest BCUT2D eigenvalue weighted by atomic mass is 35.5. The van der Waals surface area contributed by atoms with E-state index in [-0.39, 0.29) is 5.91 Å². The van der Waals surface area contributed by atoms with Crippen molar-refractivity contribution in [2.75, 3.05) is 12.4 Å². The first-order chi connectivity index (χ1) is 17.4. The number of aromatic nitrogens is 2. The van der Waals surface area contributed by atoms with E-state index in [9.17, 15) is 4.79 Å². The van der Waals surface area contributed by atoms with Crippen LogP contribution in [0, 0.1) is 13.8 Å². The number of nitrogens with one attached hydrogen (secondary N) is 1. The molecule has 0 spiro atoms. The minimum atomic E-state index is -0.212. The molecule has 1 heterocycles. The van der Waals surface area contributed by atoms with Gasteiger partial charge in [0.1, 0.15) is 18.1 Å². The van der Waals surface area contributed by atoms with Crippen molar-refractivity contribution in [3.8, 4) is 11.5 Å². The highest BCUT2D eigenvalue weighted by Crippen LogP contribution is 2.24. The lowest BCUT2D eigenvalue weighted by Crippen LogP contribution is -2.08. The van der Waals surface area contributed by atoms with Gasteiger partial charge in [-0.1, -0.05) is 29.8 Å². The first-order valence-electron chi connectivity index (χ1n) is 11.5. The molecule has 6 nitrogen and oxygen atoms in total. The van der Waals surface area contributed by atoms with Crippen molar-refractivity contribution in [1.82, 2.24) is 9.78 Å². The molecule has 184 valence electrons. The number of halogens is 1. The van der Waals surface area contributed by atoms with E-state index in [1.165, 1.54) is 6.08 Å². The molecule has 0 saturated heterocycles. The third-order valence-electron chi connectivity index (χ3n) is 5.60. The fraction of sp³-hybridized carbons (Fsp3) is 0.172. The van der Waals surface area contributed by atoms with Crippen molar-refractivity contribution in [2.45, 2.75) is 27.0 Å². The average molecular weight is 502 g/mol. The van der Waals surface area contributed by atoms with Gasteiger partial charge in [-0.3, -0.25) is 9.48 Å². The van der Waals surface area contributed by atoms with E-state index in [1.807, 2.05) is 73.1 Å². The van der Waals surface area contributed by atoms with Crippen LogP contribution in [0.3, 0.4) is 0 Å². The molecule has 0 radical (unpaired) electrons. The van der Waals surface area contributed by atoms with Gasteiger partial charge in [-0.05, 0) is 85.6 Å². The lowest BCUT2D eigenvalue weighted by atomic mass is 10.1. The van der Waals surface area contributed by atoms with Gasteiger partial charge in [0.2, 0.25) is 5.91 Å². The molecule has 0 saturated carbocycles. The van der Waals surface area contributed by atoms with Crippen molar-refractivity contribution in [3.63, 3.8) is 0 Å². The van der Waals surface area contributed by atoms with Gasteiger partial charge < -0.3 is 14.8 Å². The Labute approximate surface area is 216 Å². The Morgan fingerprint density at radius 2 is 1.78 bits per heavy atom. The van der Waals surface area contributed by atoms with Crippen molar-refractivity contribution >= 4 is 29.3 Å². The molecule has 0 atom stereocenters. The number of anilines is 1. The highest BCUT2D eigenvalue weighted by Gasteiger charge is 2.07. The zero-order valence-corrected chi connectivity index (χ0v) is 21.3. The summed E-state index contributed by atoms with van der Waals surface area (Å²) < 4.78 is 13.3. The van der Waals surface area contributed by atoms with E-state index in [0.29, 0.717) is 29.7 Å². The van der Waals surface area contributed by atoms with Gasteiger partial charge in [-0.2, -0.15) is 5.10 Å². The van der Waals surface area contributed by atoms with Gasteiger partial charge in [-0.25, -0.2) is 0 Å². The predicted octanol–water partition coefficient (Wildman–Crippen LogP) is 6.44. The van der Waals surface area contributed by atoms with E-state index < -0.39 is 0 Å². The number of nitrogens with zero attached hydrogens (tertiary/aromatic N) is 2. The summed E-state index contributed by atoms with van der Waals surface area (Å²) in [7, 11) is 1.62. The Balaban J connectivity index is 1.36. The second-order valence-electron chi connectivity index (χ2n) is 8.42. The SMILES string of the molecule is COc1ccc(/C=C/C(=O)Nc2ccc(Cn3nc(C)cc3C)cc2)cc1COc1ccc(Cl)cc1. The summed E-state index contributed by atoms with van der Waals surface area (Å²) in [6.45, 7) is 5.04. The van der Waals surface area contributed by atoms with E-state index in [4.69, 9.17) is 21.1 Å². The number of carbonyl (C=O) groups excluding carboxylic acids is 1. The fourth-order valence-corrected chi connectivity index (χ4v) is 3.89. The number of amides is 1. The maximum absolute atomic E-state index is 12.5. The van der Waals surface area contributed by atoms with Crippen LogP contribution in [0.5, 0.6) is 11.5 Å². The number of ether oxygens (including phenoxy) is 2. The molecular weight excluding hydrogens is 474 g/mol. The van der Waals surface area contributed by atoms with Crippen LogP contribution in [0.1, 0.15) is 28.1 Å². The topological polar surface area (TPSA) is 65.4 Å². The van der Waals surface area contributed by atoms with E-state index in [1.54, 1.807) is 25.3 Å². The number of benzene rings is 3. The maximum atomic E-state index is 12.5. The van der Waals surface area contributed by atoms with Gasteiger partial charge >= 0.3 is 0 Å². The normalized spacial score (nSPS) is 11.0. The molecule has 0 unspecified atom stereocenters. The molecule has 4 aromatic rings. The lowest BCUT2D eigenvalue weighted by Gasteiger charge is -2.11. The summed E-state index contributed by atoms with van der Waals surface area (Å²) in [5, 5.41) is 8.05. The van der Waals surface area contributed by atoms with E-state index >= 15 is 0 Å². The van der Waals surface area contributed by atoms with Crippen LogP contribution in [0.15, 0.2) is 78.9 Å². The van der Waals surface area contributed by atoms with Crippen molar-refractivity contribution in [1.29, 1.82) is 0 Å². The van der Waals surface area contributed by atoms with Crippen molar-refractivity contribution in [3.05, 3.63) is 112 Å². The second-order valence-corrected chi connectivity index (χ2v) is 8.85. The smallest absolute Gasteiger partial charge is 0.248 e. The molecule has 0 fully saturated rings. The summed E-state index contributed by atoms with van der Waals surface area (Å²) >= 11 is 5.93. The largest absolute Gasteiger partial charge is 0.496 e. The molecule has 0 bridgehead atoms. The summed E-state index contributed by atoms with van der Waals surface area (Å²) in [5.74, 6) is 1.21. The van der Waals surface area contributed by atoms with Crippen LogP contribution in [-0.2, 0) is 17.9 Å². The van der Waals surface area contributed by atoms with Gasteiger partial charge in [-0.15, -0.1) is 0 Å².